The molecule has 0 aliphatic carbocycles. The average Bonchev–Trinajstić information content (AvgIpc) is 2.76. The Kier molecular flexibility index (Phi) is 5.49. The van der Waals surface area contributed by atoms with Crippen LogP contribution in [0.25, 0.3) is 11.1 Å². The Morgan fingerprint density at radius 2 is 2.19 bits per heavy atom. The molecule has 0 saturated carbocycles. The Balaban J connectivity index is 2.71. The van der Waals surface area contributed by atoms with E-state index < -0.39 is 5.97 Å². The molecule has 7 heteroatoms. The minimum absolute atomic E-state index is 0.267. The van der Waals surface area contributed by atoms with Crippen LogP contribution in [0.3, 0.4) is 0 Å². The van der Waals surface area contributed by atoms with E-state index in [9.17, 15) is 10.1 Å². The molecule has 21 heavy (non-hydrogen) atoms. The minimum Gasteiger partial charge on any atom is -0.462 e. The molecule has 0 fully saturated rings. The summed E-state index contributed by atoms with van der Waals surface area (Å²) in [7, 11) is 0. The van der Waals surface area contributed by atoms with Gasteiger partial charge < -0.3 is 4.74 Å². The number of esters is 1. The van der Waals surface area contributed by atoms with Gasteiger partial charge in [-0.2, -0.15) is 5.26 Å². The zero-order chi connectivity index (χ0) is 15.6. The van der Waals surface area contributed by atoms with Gasteiger partial charge in [0.25, 0.3) is 0 Å². The Hall–Kier alpha value is -0.810. The SMILES string of the molecule is CCOC(=O)c1sc(I)c(C#N)c1-c1ccc(Cl)cc1Cl. The molecular formula is C14H8Cl2INO2S. The fraction of sp³-hybridized carbons (Fsp3) is 0.143. The van der Waals surface area contributed by atoms with E-state index in [-0.39, 0.29) is 6.61 Å². The largest absolute Gasteiger partial charge is 0.462 e. The van der Waals surface area contributed by atoms with E-state index in [1.807, 2.05) is 22.6 Å². The second-order valence-electron chi connectivity index (χ2n) is 3.91. The number of halogens is 3. The Morgan fingerprint density at radius 1 is 1.48 bits per heavy atom. The summed E-state index contributed by atoms with van der Waals surface area (Å²) in [6, 6.07) is 7.08. The molecule has 0 unspecified atom stereocenters. The van der Waals surface area contributed by atoms with Crippen LogP contribution >= 0.6 is 57.1 Å². The highest BCUT2D eigenvalue weighted by Crippen LogP contribution is 2.41. The molecule has 108 valence electrons. The summed E-state index contributed by atoms with van der Waals surface area (Å²) < 4.78 is 5.78. The molecule has 0 N–H and O–H groups in total. The van der Waals surface area contributed by atoms with Gasteiger partial charge >= 0.3 is 5.97 Å². The summed E-state index contributed by atoms with van der Waals surface area (Å²) in [5, 5.41) is 10.2. The number of ether oxygens (including phenoxy) is 1. The van der Waals surface area contributed by atoms with Crippen LogP contribution in [0.1, 0.15) is 22.2 Å². The molecule has 0 saturated heterocycles. The van der Waals surface area contributed by atoms with Crippen molar-refractivity contribution in [3.8, 4) is 17.2 Å². The maximum absolute atomic E-state index is 12.1. The Morgan fingerprint density at radius 3 is 2.76 bits per heavy atom. The van der Waals surface area contributed by atoms with Crippen molar-refractivity contribution in [3.63, 3.8) is 0 Å². The number of rotatable bonds is 3. The molecule has 0 radical (unpaired) electrons. The zero-order valence-electron chi connectivity index (χ0n) is 10.7. The minimum atomic E-state index is -0.456. The summed E-state index contributed by atoms with van der Waals surface area (Å²) in [4.78, 5) is 12.5. The van der Waals surface area contributed by atoms with Crippen molar-refractivity contribution in [2.45, 2.75) is 6.92 Å². The van der Waals surface area contributed by atoms with Gasteiger partial charge in [-0.25, -0.2) is 4.79 Å². The third-order valence-electron chi connectivity index (χ3n) is 2.64. The summed E-state index contributed by atoms with van der Waals surface area (Å²) >= 11 is 15.4. The summed E-state index contributed by atoms with van der Waals surface area (Å²) in [5.41, 5.74) is 1.53. The van der Waals surface area contributed by atoms with E-state index in [2.05, 4.69) is 6.07 Å². The Labute approximate surface area is 149 Å². The van der Waals surface area contributed by atoms with E-state index >= 15 is 0 Å². The lowest BCUT2D eigenvalue weighted by molar-refractivity contribution is 0.0533. The number of carbonyl (C=O) groups excluding carboxylic acids is 1. The molecule has 1 aromatic heterocycles. The second kappa shape index (κ2) is 6.97. The van der Waals surface area contributed by atoms with Gasteiger partial charge in [-0.3, -0.25) is 0 Å². The van der Waals surface area contributed by atoms with Crippen molar-refractivity contribution in [1.29, 1.82) is 5.26 Å². The predicted molar refractivity (Wildman–Crippen MR) is 93.2 cm³/mol. The molecule has 1 heterocycles. The van der Waals surface area contributed by atoms with Crippen LogP contribution < -0.4 is 0 Å². The van der Waals surface area contributed by atoms with Crippen LogP contribution in [0.5, 0.6) is 0 Å². The van der Waals surface area contributed by atoms with Crippen molar-refractivity contribution in [1.82, 2.24) is 0 Å². The van der Waals surface area contributed by atoms with Gasteiger partial charge in [0.1, 0.15) is 10.9 Å². The Bertz CT molecular complexity index is 752. The van der Waals surface area contributed by atoms with Gasteiger partial charge in [0, 0.05) is 21.2 Å². The fourth-order valence-electron chi connectivity index (χ4n) is 1.79. The van der Waals surface area contributed by atoms with E-state index in [0.717, 1.165) is 2.88 Å². The van der Waals surface area contributed by atoms with Crippen molar-refractivity contribution in [2.75, 3.05) is 6.61 Å². The molecule has 2 aromatic rings. The number of carbonyl (C=O) groups is 1. The van der Waals surface area contributed by atoms with Gasteiger partial charge in [-0.05, 0) is 41.6 Å². The average molecular weight is 452 g/mol. The van der Waals surface area contributed by atoms with Crippen molar-refractivity contribution < 1.29 is 9.53 Å². The monoisotopic (exact) mass is 451 g/mol. The lowest BCUT2D eigenvalue weighted by Gasteiger charge is -2.07. The third kappa shape index (κ3) is 3.34. The smallest absolute Gasteiger partial charge is 0.349 e. The van der Waals surface area contributed by atoms with Crippen LogP contribution in [0.15, 0.2) is 18.2 Å². The highest BCUT2D eigenvalue weighted by atomic mass is 127. The molecule has 0 bridgehead atoms. The summed E-state index contributed by atoms with van der Waals surface area (Å²) in [6.45, 7) is 2.00. The number of benzene rings is 1. The maximum Gasteiger partial charge on any atom is 0.349 e. The predicted octanol–water partition coefficient (Wildman–Crippen LogP) is 5.37. The number of nitrogens with zero attached hydrogens (tertiary/aromatic N) is 1. The van der Waals surface area contributed by atoms with Crippen LogP contribution in [0.2, 0.25) is 10.0 Å². The van der Waals surface area contributed by atoms with Gasteiger partial charge in [-0.15, -0.1) is 11.3 Å². The number of nitriles is 1. The normalized spacial score (nSPS) is 10.2. The van der Waals surface area contributed by atoms with Crippen molar-refractivity contribution in [3.05, 3.63) is 41.6 Å². The molecule has 0 aliphatic rings. The number of thiophene rings is 1. The van der Waals surface area contributed by atoms with Crippen LogP contribution in [-0.2, 0) is 4.74 Å². The highest BCUT2D eigenvalue weighted by molar-refractivity contribution is 14.1. The first-order valence-corrected chi connectivity index (χ1v) is 8.49. The molecule has 3 nitrogen and oxygen atoms in total. The van der Waals surface area contributed by atoms with E-state index in [0.29, 0.717) is 31.6 Å². The van der Waals surface area contributed by atoms with Crippen LogP contribution in [-0.4, -0.2) is 12.6 Å². The third-order valence-corrected chi connectivity index (χ3v) is 5.34. The van der Waals surface area contributed by atoms with Crippen molar-refractivity contribution >= 4 is 63.1 Å². The first kappa shape index (κ1) is 16.6. The van der Waals surface area contributed by atoms with Gasteiger partial charge in [0.05, 0.1) is 15.1 Å². The molecule has 0 aliphatic heterocycles. The summed E-state index contributed by atoms with van der Waals surface area (Å²) in [6.07, 6.45) is 0. The molecule has 2 rings (SSSR count). The molecule has 1 aromatic carbocycles. The van der Waals surface area contributed by atoms with Gasteiger partial charge in [0.15, 0.2) is 0 Å². The fourth-order valence-corrected chi connectivity index (χ4v) is 4.23. The lowest BCUT2D eigenvalue weighted by Crippen LogP contribution is -2.04. The van der Waals surface area contributed by atoms with E-state index in [1.165, 1.54) is 11.3 Å². The molecule has 0 amide bonds. The first-order chi connectivity index (χ1) is 9.99. The van der Waals surface area contributed by atoms with E-state index in [4.69, 9.17) is 27.9 Å². The van der Waals surface area contributed by atoms with Gasteiger partial charge in [-0.1, -0.05) is 29.3 Å². The van der Waals surface area contributed by atoms with Gasteiger partial charge in [0.2, 0.25) is 0 Å². The number of hydrogen-bond acceptors (Lipinski definition) is 4. The van der Waals surface area contributed by atoms with Crippen LogP contribution in [0.4, 0.5) is 0 Å². The zero-order valence-corrected chi connectivity index (χ0v) is 15.2. The topological polar surface area (TPSA) is 50.1 Å². The van der Waals surface area contributed by atoms with E-state index in [1.54, 1.807) is 25.1 Å². The standard InChI is InChI=1S/C14H8Cl2INO2S/c1-2-20-14(19)12-11(9(6-18)13(17)21-12)8-4-3-7(15)5-10(8)16/h3-5H,2H2,1H3. The maximum atomic E-state index is 12.1. The second-order valence-corrected chi connectivity index (χ2v) is 7.59. The van der Waals surface area contributed by atoms with Crippen molar-refractivity contribution in [2.24, 2.45) is 0 Å². The molecule has 0 atom stereocenters. The van der Waals surface area contributed by atoms with Crippen LogP contribution in [0, 0.1) is 14.2 Å². The number of hydrogen-bond donors (Lipinski definition) is 0. The summed E-state index contributed by atoms with van der Waals surface area (Å²) in [5.74, 6) is -0.456. The molecule has 0 spiro atoms. The quantitative estimate of drug-likeness (QED) is 0.465. The molecular weight excluding hydrogens is 444 g/mol. The first-order valence-electron chi connectivity index (χ1n) is 5.84. The lowest BCUT2D eigenvalue weighted by atomic mass is 10.0. The highest BCUT2D eigenvalue weighted by Gasteiger charge is 2.25.